The fourth-order valence-electron chi connectivity index (χ4n) is 6.97. The van der Waals surface area contributed by atoms with E-state index in [0.717, 1.165) is 0 Å². The maximum atomic E-state index is 16.8. The van der Waals surface area contributed by atoms with Gasteiger partial charge in [0.2, 0.25) is 0 Å². The van der Waals surface area contributed by atoms with E-state index < -0.39 is 34.7 Å². The zero-order valence-corrected chi connectivity index (χ0v) is 16.3. The first kappa shape index (κ1) is 19.5. The van der Waals surface area contributed by atoms with Crippen LogP contribution >= 0.6 is 0 Å². The molecule has 0 aliphatic heterocycles. The van der Waals surface area contributed by atoms with E-state index in [1.807, 2.05) is 13.8 Å². The summed E-state index contributed by atoms with van der Waals surface area (Å²) in [6.45, 7) is 5.26. The van der Waals surface area contributed by atoms with Crippen molar-refractivity contribution in [1.29, 1.82) is 0 Å². The molecule has 3 saturated carbocycles. The van der Waals surface area contributed by atoms with Gasteiger partial charge < -0.3 is 10.2 Å². The summed E-state index contributed by atoms with van der Waals surface area (Å²) in [5.41, 5.74) is -3.69. The molecule has 4 rings (SSSR count). The highest BCUT2D eigenvalue weighted by Crippen LogP contribution is 2.70. The lowest BCUT2D eigenvalue weighted by molar-refractivity contribution is -0.191. The Labute approximate surface area is 163 Å². The van der Waals surface area contributed by atoms with Crippen molar-refractivity contribution in [2.45, 2.75) is 58.0 Å². The second-order valence-electron chi connectivity index (χ2n) is 9.41. The number of aldehydes is 1. The van der Waals surface area contributed by atoms with E-state index in [1.54, 1.807) is 6.92 Å². The van der Waals surface area contributed by atoms with Gasteiger partial charge in [-0.25, -0.2) is 8.78 Å². The molecule has 0 radical (unpaired) electrons. The van der Waals surface area contributed by atoms with E-state index in [1.165, 1.54) is 18.2 Å². The molecule has 8 atom stereocenters. The predicted molar refractivity (Wildman–Crippen MR) is 98.9 cm³/mol. The minimum atomic E-state index is -2.13. The number of carbonyl (C=O) groups excluding carboxylic acids is 2. The smallest absolute Gasteiger partial charge is 0.184 e. The van der Waals surface area contributed by atoms with Gasteiger partial charge in [-0.1, -0.05) is 19.9 Å². The molecule has 0 heterocycles. The van der Waals surface area contributed by atoms with Crippen LogP contribution in [0.4, 0.5) is 8.78 Å². The molecule has 0 aromatic carbocycles. The van der Waals surface area contributed by atoms with Crippen LogP contribution in [0.25, 0.3) is 0 Å². The normalized spacial score (nSPS) is 51.7. The summed E-state index contributed by atoms with van der Waals surface area (Å²) in [5, 5.41) is 21.3. The van der Waals surface area contributed by atoms with Gasteiger partial charge in [0.05, 0.1) is 6.10 Å². The number of hydrogen-bond donors (Lipinski definition) is 2. The molecule has 0 bridgehead atoms. The van der Waals surface area contributed by atoms with E-state index >= 15 is 8.78 Å². The summed E-state index contributed by atoms with van der Waals surface area (Å²) >= 11 is 0. The van der Waals surface area contributed by atoms with Crippen LogP contribution in [-0.4, -0.2) is 40.2 Å². The molecule has 4 nitrogen and oxygen atoms in total. The van der Waals surface area contributed by atoms with Crippen molar-refractivity contribution < 1.29 is 28.6 Å². The number of ketones is 1. The molecule has 0 saturated heterocycles. The number of alkyl halides is 2. The quantitative estimate of drug-likeness (QED) is 0.407. The largest absolute Gasteiger partial charge is 0.505 e. The van der Waals surface area contributed by atoms with Gasteiger partial charge >= 0.3 is 0 Å². The van der Waals surface area contributed by atoms with Gasteiger partial charge in [-0.15, -0.1) is 0 Å². The third-order valence-electron chi connectivity index (χ3n) is 8.12. The van der Waals surface area contributed by atoms with Crippen LogP contribution in [-0.2, 0) is 9.59 Å². The molecular weight excluding hydrogens is 366 g/mol. The van der Waals surface area contributed by atoms with E-state index in [4.69, 9.17) is 0 Å². The Kier molecular flexibility index (Phi) is 4.07. The number of allylic oxidation sites excluding steroid dienone is 6. The molecule has 3 fully saturated rings. The summed E-state index contributed by atoms with van der Waals surface area (Å²) in [4.78, 5) is 23.0. The van der Waals surface area contributed by atoms with Crippen LogP contribution in [0.3, 0.4) is 0 Å². The van der Waals surface area contributed by atoms with Crippen molar-refractivity contribution >= 4 is 12.1 Å². The van der Waals surface area contributed by atoms with Crippen LogP contribution in [0.15, 0.2) is 35.1 Å². The Balaban J connectivity index is 1.88. The molecule has 0 aromatic rings. The summed E-state index contributed by atoms with van der Waals surface area (Å²) in [5.74, 6) is -2.02. The molecule has 2 N–H and O–H groups in total. The lowest BCUT2D eigenvalue weighted by atomic mass is 9.45. The predicted octanol–water partition coefficient (Wildman–Crippen LogP) is 3.56. The molecular formula is C22H26F2O4. The van der Waals surface area contributed by atoms with Gasteiger partial charge in [-0.2, -0.15) is 0 Å². The van der Waals surface area contributed by atoms with Crippen molar-refractivity contribution in [3.63, 3.8) is 0 Å². The fourth-order valence-corrected chi connectivity index (χ4v) is 6.97. The second kappa shape index (κ2) is 5.85. The van der Waals surface area contributed by atoms with Gasteiger partial charge in [0, 0.05) is 11.3 Å². The molecule has 0 amide bonds. The minimum Gasteiger partial charge on any atom is -0.505 e. The SMILES string of the molecule is C[C@H]1C[C@@H]2[C@@H]3C[C@@H](F)C4=CC(=O)C=C[C@]4(C)[C@]3(F)[C@@H](O)C[C@]2(C)/C1=C(\O)C=O. The first-order chi connectivity index (χ1) is 13.0. The third-order valence-corrected chi connectivity index (χ3v) is 8.12. The number of rotatable bonds is 1. The van der Waals surface area contributed by atoms with Gasteiger partial charge in [0.15, 0.2) is 23.5 Å². The fraction of sp³-hybridized carbons (Fsp3) is 0.636. The van der Waals surface area contributed by atoms with E-state index in [-0.39, 0.29) is 41.8 Å². The van der Waals surface area contributed by atoms with Crippen molar-refractivity contribution in [3.8, 4) is 0 Å². The Hall–Kier alpha value is -1.82. The number of fused-ring (bicyclic) bond motifs is 5. The standard InChI is InChI=1S/C22H26F2O4/c1-11-6-13-14-8-16(23)15-7-12(26)4-5-21(15,3)22(14,24)18(28)9-20(13,2)19(11)17(27)10-25/h4-5,7,10-11,13-14,16,18,27-28H,6,8-9H2,1-3H3/b19-17-/t11-,13+,14-,16+,18-,20-,21-,22+/m0/s1. The van der Waals surface area contributed by atoms with Gasteiger partial charge in [-0.3, -0.25) is 9.59 Å². The second-order valence-corrected chi connectivity index (χ2v) is 9.41. The molecule has 0 spiro atoms. The molecule has 4 aliphatic carbocycles. The minimum absolute atomic E-state index is 0.0316. The first-order valence-corrected chi connectivity index (χ1v) is 9.85. The lowest BCUT2D eigenvalue weighted by Crippen LogP contribution is -2.67. The third kappa shape index (κ3) is 2.13. The maximum absolute atomic E-state index is 16.8. The van der Waals surface area contributed by atoms with Gasteiger partial charge in [0.25, 0.3) is 0 Å². The van der Waals surface area contributed by atoms with Gasteiger partial charge in [0.1, 0.15) is 6.17 Å². The van der Waals surface area contributed by atoms with Crippen molar-refractivity contribution in [2.75, 3.05) is 0 Å². The monoisotopic (exact) mass is 392 g/mol. The van der Waals surface area contributed by atoms with E-state index in [0.29, 0.717) is 18.3 Å². The first-order valence-electron chi connectivity index (χ1n) is 9.85. The van der Waals surface area contributed by atoms with Crippen LogP contribution in [0, 0.1) is 28.6 Å². The molecule has 28 heavy (non-hydrogen) atoms. The number of aliphatic hydroxyl groups excluding tert-OH is 2. The summed E-state index contributed by atoms with van der Waals surface area (Å²) in [7, 11) is 0. The number of carbonyl (C=O) groups is 2. The Morgan fingerprint density at radius 3 is 2.61 bits per heavy atom. The molecule has 0 aromatic heterocycles. The average Bonchev–Trinajstić information content (AvgIpc) is 2.89. The zero-order valence-electron chi connectivity index (χ0n) is 16.3. The van der Waals surface area contributed by atoms with Crippen molar-refractivity contribution in [1.82, 2.24) is 0 Å². The van der Waals surface area contributed by atoms with Crippen LogP contribution in [0.1, 0.15) is 40.0 Å². The number of aliphatic hydroxyl groups is 2. The van der Waals surface area contributed by atoms with E-state index in [9.17, 15) is 19.8 Å². The molecule has 0 unspecified atom stereocenters. The Bertz CT molecular complexity index is 845. The Morgan fingerprint density at radius 2 is 1.96 bits per heavy atom. The highest BCUT2D eigenvalue weighted by Gasteiger charge is 2.72. The van der Waals surface area contributed by atoms with Gasteiger partial charge in [-0.05, 0) is 66.7 Å². The number of halogens is 2. The van der Waals surface area contributed by atoms with Crippen molar-refractivity contribution in [2.24, 2.45) is 28.6 Å². The highest BCUT2D eigenvalue weighted by atomic mass is 19.1. The van der Waals surface area contributed by atoms with E-state index in [2.05, 4.69) is 0 Å². The average molecular weight is 392 g/mol. The molecule has 4 aliphatic rings. The topological polar surface area (TPSA) is 74.6 Å². The molecule has 152 valence electrons. The lowest BCUT2D eigenvalue weighted by Gasteiger charge is -2.61. The maximum Gasteiger partial charge on any atom is 0.184 e. The summed E-state index contributed by atoms with van der Waals surface area (Å²) in [6.07, 6.45) is 1.74. The summed E-state index contributed by atoms with van der Waals surface area (Å²) in [6, 6.07) is 0. The van der Waals surface area contributed by atoms with Crippen molar-refractivity contribution in [3.05, 3.63) is 35.1 Å². The Morgan fingerprint density at radius 1 is 1.29 bits per heavy atom. The summed E-state index contributed by atoms with van der Waals surface area (Å²) < 4.78 is 32.0. The van der Waals surface area contributed by atoms with Crippen LogP contribution in [0.2, 0.25) is 0 Å². The number of hydrogen-bond acceptors (Lipinski definition) is 4. The zero-order chi connectivity index (χ0) is 20.6. The molecule has 6 heteroatoms. The highest BCUT2D eigenvalue weighted by molar-refractivity contribution is 6.01. The van der Waals surface area contributed by atoms with Crippen LogP contribution in [0.5, 0.6) is 0 Å². The van der Waals surface area contributed by atoms with Crippen LogP contribution < -0.4 is 0 Å².